The summed E-state index contributed by atoms with van der Waals surface area (Å²) in [6, 6.07) is 9.90. The first-order valence-electron chi connectivity index (χ1n) is 11.8. The molecule has 0 aliphatic heterocycles. The van der Waals surface area contributed by atoms with E-state index in [1.807, 2.05) is 19.9 Å². The summed E-state index contributed by atoms with van der Waals surface area (Å²) in [6.07, 6.45) is -1.35. The average Bonchev–Trinajstić information content (AvgIpc) is 2.76. The predicted molar refractivity (Wildman–Crippen MR) is 140 cm³/mol. The fourth-order valence-corrected chi connectivity index (χ4v) is 3.83. The van der Waals surface area contributed by atoms with E-state index in [9.17, 15) is 19.2 Å². The molecule has 2 aromatic rings. The van der Waals surface area contributed by atoms with Crippen molar-refractivity contribution >= 4 is 29.5 Å². The Morgan fingerprint density at radius 2 is 1.57 bits per heavy atom. The van der Waals surface area contributed by atoms with E-state index in [2.05, 4.69) is 10.6 Å². The molecule has 0 aromatic heterocycles. The summed E-state index contributed by atoms with van der Waals surface area (Å²) in [7, 11) is 2.97. The maximum Gasteiger partial charge on any atom is 0.408 e. The molecular weight excluding hydrogens is 476 g/mol. The molecular formula is C27H36N4O6. The number of rotatable bonds is 9. The van der Waals surface area contributed by atoms with Crippen molar-refractivity contribution in [1.29, 1.82) is 0 Å². The molecule has 0 saturated heterocycles. The highest BCUT2D eigenvalue weighted by Crippen LogP contribution is 2.26. The van der Waals surface area contributed by atoms with Crippen LogP contribution >= 0.6 is 0 Å². The van der Waals surface area contributed by atoms with Crippen molar-refractivity contribution in [2.24, 2.45) is 5.73 Å². The van der Waals surface area contributed by atoms with Gasteiger partial charge in [0, 0.05) is 12.7 Å². The van der Waals surface area contributed by atoms with E-state index < -0.39 is 47.9 Å². The summed E-state index contributed by atoms with van der Waals surface area (Å²) in [4.78, 5) is 52.4. The van der Waals surface area contributed by atoms with Gasteiger partial charge in [0.1, 0.15) is 23.4 Å². The summed E-state index contributed by atoms with van der Waals surface area (Å²) in [5.74, 6) is -1.34. The van der Waals surface area contributed by atoms with Crippen molar-refractivity contribution in [3.05, 3.63) is 59.2 Å². The van der Waals surface area contributed by atoms with Crippen molar-refractivity contribution < 1.29 is 28.7 Å². The Morgan fingerprint density at radius 3 is 2.05 bits per heavy atom. The maximum absolute atomic E-state index is 13.6. The number of amides is 4. The molecule has 2 rings (SSSR count). The van der Waals surface area contributed by atoms with E-state index in [1.165, 1.54) is 19.1 Å². The highest BCUT2D eigenvalue weighted by atomic mass is 16.6. The summed E-state index contributed by atoms with van der Waals surface area (Å²) >= 11 is 0. The monoisotopic (exact) mass is 512 g/mol. The summed E-state index contributed by atoms with van der Waals surface area (Å²) in [6.45, 7) is 8.78. The van der Waals surface area contributed by atoms with Gasteiger partial charge in [-0.15, -0.1) is 0 Å². The maximum atomic E-state index is 13.6. The number of ether oxygens (including phenoxy) is 2. The highest BCUT2D eigenvalue weighted by Gasteiger charge is 2.35. The van der Waals surface area contributed by atoms with E-state index in [0.717, 1.165) is 11.1 Å². The number of nitrogens with two attached hydrogens (primary N) is 1. The van der Waals surface area contributed by atoms with Crippen LogP contribution in [0.2, 0.25) is 0 Å². The fraction of sp³-hybridized carbons (Fsp3) is 0.407. The molecule has 4 N–H and O–H groups in total. The van der Waals surface area contributed by atoms with Gasteiger partial charge < -0.3 is 30.7 Å². The van der Waals surface area contributed by atoms with Gasteiger partial charge in [-0.25, -0.2) is 4.79 Å². The Morgan fingerprint density at radius 1 is 1.00 bits per heavy atom. The number of alkyl carbamates (subject to hydrolysis) is 1. The summed E-state index contributed by atoms with van der Waals surface area (Å²) < 4.78 is 10.4. The lowest BCUT2D eigenvalue weighted by Crippen LogP contribution is -2.52. The first kappa shape index (κ1) is 29.2. The largest absolute Gasteiger partial charge is 0.497 e. The molecule has 2 aromatic carbocycles. The zero-order chi connectivity index (χ0) is 27.9. The molecule has 10 nitrogen and oxygen atoms in total. The third kappa shape index (κ3) is 8.82. The Balaban J connectivity index is 2.42. The van der Waals surface area contributed by atoms with E-state index in [-0.39, 0.29) is 0 Å². The molecule has 0 aliphatic carbocycles. The van der Waals surface area contributed by atoms with Gasteiger partial charge in [-0.3, -0.25) is 14.4 Å². The number of nitrogens with zero attached hydrogens (tertiary/aromatic N) is 1. The lowest BCUT2D eigenvalue weighted by atomic mass is 9.98. The Hall–Kier alpha value is -4.08. The zero-order valence-corrected chi connectivity index (χ0v) is 22.4. The molecule has 200 valence electrons. The first-order chi connectivity index (χ1) is 17.2. The third-order valence-corrected chi connectivity index (χ3v) is 5.29. The molecule has 4 amide bonds. The van der Waals surface area contributed by atoms with Crippen LogP contribution < -0.4 is 21.1 Å². The second-order valence-corrected chi connectivity index (χ2v) is 9.86. The van der Waals surface area contributed by atoms with Gasteiger partial charge in [-0.2, -0.15) is 0 Å². The van der Waals surface area contributed by atoms with Crippen LogP contribution in [0, 0.1) is 13.8 Å². The number of benzene rings is 2. The molecule has 2 atom stereocenters. The van der Waals surface area contributed by atoms with Crippen LogP contribution in [-0.4, -0.2) is 54.5 Å². The van der Waals surface area contributed by atoms with E-state index in [1.54, 1.807) is 57.2 Å². The Kier molecular flexibility index (Phi) is 9.65. The van der Waals surface area contributed by atoms with Crippen molar-refractivity contribution in [1.82, 2.24) is 10.2 Å². The van der Waals surface area contributed by atoms with Crippen LogP contribution in [-0.2, 0) is 19.1 Å². The quantitative estimate of drug-likeness (QED) is 0.471. The number of hydrogen-bond donors (Lipinski definition) is 3. The third-order valence-electron chi connectivity index (χ3n) is 5.29. The lowest BCUT2D eigenvalue weighted by Gasteiger charge is -2.31. The van der Waals surface area contributed by atoms with Crippen molar-refractivity contribution in [3.63, 3.8) is 0 Å². The molecule has 10 heteroatoms. The van der Waals surface area contributed by atoms with E-state index in [4.69, 9.17) is 15.2 Å². The molecule has 0 bridgehead atoms. The van der Waals surface area contributed by atoms with Crippen LogP contribution in [0.4, 0.5) is 10.5 Å². The van der Waals surface area contributed by atoms with Crippen LogP contribution in [0.1, 0.15) is 49.9 Å². The van der Waals surface area contributed by atoms with Gasteiger partial charge in [0.15, 0.2) is 0 Å². The van der Waals surface area contributed by atoms with Gasteiger partial charge in [0.2, 0.25) is 11.8 Å². The number of hydrogen-bond acceptors (Lipinski definition) is 6. The van der Waals surface area contributed by atoms with E-state index >= 15 is 0 Å². The number of nitrogens with one attached hydrogen (secondary N) is 2. The van der Waals surface area contributed by atoms with Gasteiger partial charge in [-0.05, 0) is 64.4 Å². The Labute approximate surface area is 217 Å². The number of primary amides is 1. The molecule has 0 heterocycles. The first-order valence-corrected chi connectivity index (χ1v) is 11.8. The van der Waals surface area contributed by atoms with Crippen LogP contribution in [0.3, 0.4) is 0 Å². The van der Waals surface area contributed by atoms with Crippen molar-refractivity contribution in [2.45, 2.75) is 58.7 Å². The predicted octanol–water partition coefficient (Wildman–Crippen LogP) is 3.22. The number of carbonyl (C=O) groups is 4. The summed E-state index contributed by atoms with van der Waals surface area (Å²) in [5, 5.41) is 5.24. The minimum absolute atomic E-state index is 0.470. The van der Waals surface area contributed by atoms with Gasteiger partial charge in [-0.1, -0.05) is 29.3 Å². The lowest BCUT2D eigenvalue weighted by molar-refractivity contribution is -0.140. The molecule has 37 heavy (non-hydrogen) atoms. The molecule has 0 radical (unpaired) electrons. The van der Waals surface area contributed by atoms with Crippen LogP contribution in [0.5, 0.6) is 5.75 Å². The zero-order valence-electron chi connectivity index (χ0n) is 22.4. The van der Waals surface area contributed by atoms with Gasteiger partial charge in [0.05, 0.1) is 13.5 Å². The van der Waals surface area contributed by atoms with Crippen LogP contribution in [0.15, 0.2) is 42.5 Å². The van der Waals surface area contributed by atoms with Crippen molar-refractivity contribution in [3.8, 4) is 5.75 Å². The average molecular weight is 513 g/mol. The number of carbonyl (C=O) groups excluding carboxylic acids is 4. The minimum Gasteiger partial charge on any atom is -0.497 e. The molecule has 0 spiro atoms. The Bertz CT molecular complexity index is 1120. The fourth-order valence-electron chi connectivity index (χ4n) is 3.83. The topological polar surface area (TPSA) is 140 Å². The normalized spacial score (nSPS) is 12.6. The minimum atomic E-state index is -1.33. The van der Waals surface area contributed by atoms with Crippen LogP contribution in [0.25, 0.3) is 0 Å². The second-order valence-electron chi connectivity index (χ2n) is 9.86. The summed E-state index contributed by atoms with van der Waals surface area (Å²) in [5.41, 5.74) is 7.40. The van der Waals surface area contributed by atoms with Gasteiger partial charge >= 0.3 is 6.09 Å². The molecule has 0 fully saturated rings. The number of likely N-dealkylation sites (N-methyl/N-ethyl adjacent to an activating group) is 1. The standard InChI is InChI=1S/C27H36N4O6/c1-16-12-17(2)14-18(13-16)23(24(33)29-19-8-10-20(36-7)11-9-19)31(6)25(34)21(15-22(28)32)30-26(35)37-27(3,4)5/h8-14,21,23H,15H2,1-7H3,(H2,28,32)(H,29,33)(H,30,35). The second kappa shape index (κ2) is 12.2. The number of aryl methyl sites for hydroxylation is 2. The SMILES string of the molecule is COc1ccc(NC(=O)C(c2cc(C)cc(C)c2)N(C)C(=O)C(CC(N)=O)NC(=O)OC(C)(C)C)cc1. The molecule has 2 unspecified atom stereocenters. The van der Waals surface area contributed by atoms with E-state index in [0.29, 0.717) is 17.0 Å². The number of methoxy groups -OCH3 is 1. The highest BCUT2D eigenvalue weighted by molar-refractivity contribution is 5.99. The molecule has 0 saturated carbocycles. The van der Waals surface area contributed by atoms with Crippen molar-refractivity contribution in [2.75, 3.05) is 19.5 Å². The molecule has 0 aliphatic rings. The number of anilines is 1. The van der Waals surface area contributed by atoms with Gasteiger partial charge in [0.25, 0.3) is 5.91 Å². The smallest absolute Gasteiger partial charge is 0.408 e.